The predicted molar refractivity (Wildman–Crippen MR) is 82.4 cm³/mol. The van der Waals surface area contributed by atoms with Gasteiger partial charge in [-0.2, -0.15) is 0 Å². The lowest BCUT2D eigenvalue weighted by Crippen LogP contribution is -2.21. The molecule has 100 valence electrons. The maximum atomic E-state index is 3.58. The van der Waals surface area contributed by atoms with Gasteiger partial charge < -0.3 is 5.32 Å². The SMILES string of the molecule is CCc1ccc(C(C)NCCc2ccccc2)cc1. The molecule has 0 heterocycles. The first kappa shape index (κ1) is 13.8. The molecule has 0 radical (unpaired) electrons. The molecule has 0 saturated carbocycles. The summed E-state index contributed by atoms with van der Waals surface area (Å²) in [5.74, 6) is 0. The molecule has 2 aromatic carbocycles. The number of rotatable bonds is 6. The first-order chi connectivity index (χ1) is 9.29. The van der Waals surface area contributed by atoms with E-state index in [0.29, 0.717) is 6.04 Å². The largest absolute Gasteiger partial charge is 0.310 e. The van der Waals surface area contributed by atoms with Gasteiger partial charge in [0.15, 0.2) is 0 Å². The predicted octanol–water partition coefficient (Wildman–Crippen LogP) is 4.14. The molecule has 0 bridgehead atoms. The number of aryl methyl sites for hydroxylation is 1. The van der Waals surface area contributed by atoms with Crippen molar-refractivity contribution in [1.29, 1.82) is 0 Å². The smallest absolute Gasteiger partial charge is 0.0291 e. The van der Waals surface area contributed by atoms with Crippen LogP contribution in [-0.4, -0.2) is 6.54 Å². The van der Waals surface area contributed by atoms with Gasteiger partial charge in [-0.1, -0.05) is 61.5 Å². The fourth-order valence-corrected chi connectivity index (χ4v) is 2.24. The Kier molecular flexibility index (Phi) is 5.17. The van der Waals surface area contributed by atoms with Gasteiger partial charge in [0.1, 0.15) is 0 Å². The third-order valence-electron chi connectivity index (χ3n) is 3.59. The number of hydrogen-bond acceptors (Lipinski definition) is 1. The van der Waals surface area contributed by atoms with E-state index < -0.39 is 0 Å². The summed E-state index contributed by atoms with van der Waals surface area (Å²) in [4.78, 5) is 0. The molecular weight excluding hydrogens is 230 g/mol. The second-order valence-electron chi connectivity index (χ2n) is 5.01. The molecule has 19 heavy (non-hydrogen) atoms. The van der Waals surface area contributed by atoms with Crippen LogP contribution < -0.4 is 5.32 Å². The summed E-state index contributed by atoms with van der Waals surface area (Å²) in [5.41, 5.74) is 4.16. The van der Waals surface area contributed by atoms with E-state index in [9.17, 15) is 0 Å². The summed E-state index contributed by atoms with van der Waals surface area (Å²) >= 11 is 0. The molecule has 2 aromatic rings. The van der Waals surface area contributed by atoms with Gasteiger partial charge in [0, 0.05) is 6.04 Å². The van der Waals surface area contributed by atoms with Gasteiger partial charge in [0.2, 0.25) is 0 Å². The summed E-state index contributed by atoms with van der Waals surface area (Å²) < 4.78 is 0. The molecule has 0 aliphatic heterocycles. The Hall–Kier alpha value is -1.60. The lowest BCUT2D eigenvalue weighted by Gasteiger charge is -2.14. The van der Waals surface area contributed by atoms with E-state index in [1.807, 2.05) is 0 Å². The fourth-order valence-electron chi connectivity index (χ4n) is 2.24. The first-order valence-electron chi connectivity index (χ1n) is 7.15. The van der Waals surface area contributed by atoms with Crippen LogP contribution in [0.15, 0.2) is 54.6 Å². The van der Waals surface area contributed by atoms with Crippen LogP contribution in [0.1, 0.15) is 36.6 Å². The third-order valence-corrected chi connectivity index (χ3v) is 3.59. The van der Waals surface area contributed by atoms with Crippen molar-refractivity contribution in [2.75, 3.05) is 6.54 Å². The number of nitrogens with one attached hydrogen (secondary N) is 1. The van der Waals surface area contributed by atoms with Gasteiger partial charge in [-0.3, -0.25) is 0 Å². The van der Waals surface area contributed by atoms with E-state index in [1.54, 1.807) is 0 Å². The molecule has 1 unspecified atom stereocenters. The lowest BCUT2D eigenvalue weighted by atomic mass is 10.0. The summed E-state index contributed by atoms with van der Waals surface area (Å²) in [6.07, 6.45) is 2.19. The van der Waals surface area contributed by atoms with Crippen LogP contribution in [0.25, 0.3) is 0 Å². The zero-order valence-corrected chi connectivity index (χ0v) is 11.9. The highest BCUT2D eigenvalue weighted by Gasteiger charge is 2.04. The highest BCUT2D eigenvalue weighted by molar-refractivity contribution is 5.24. The Balaban J connectivity index is 1.82. The van der Waals surface area contributed by atoms with Crippen molar-refractivity contribution in [3.05, 3.63) is 71.3 Å². The van der Waals surface area contributed by atoms with Gasteiger partial charge in [0.05, 0.1) is 0 Å². The molecule has 1 atom stereocenters. The average molecular weight is 253 g/mol. The average Bonchev–Trinajstić information content (AvgIpc) is 2.48. The van der Waals surface area contributed by atoms with Crippen LogP contribution in [0, 0.1) is 0 Å². The third kappa shape index (κ3) is 4.22. The Labute approximate surface area is 116 Å². The molecule has 0 aromatic heterocycles. The summed E-state index contributed by atoms with van der Waals surface area (Å²) in [7, 11) is 0. The van der Waals surface area contributed by atoms with Crippen molar-refractivity contribution in [3.8, 4) is 0 Å². The minimum atomic E-state index is 0.412. The first-order valence-corrected chi connectivity index (χ1v) is 7.15. The summed E-state index contributed by atoms with van der Waals surface area (Å²) in [5, 5.41) is 3.58. The molecule has 0 fully saturated rings. The van der Waals surface area contributed by atoms with Crippen molar-refractivity contribution < 1.29 is 0 Å². The zero-order valence-electron chi connectivity index (χ0n) is 11.9. The van der Waals surface area contributed by atoms with Gasteiger partial charge >= 0.3 is 0 Å². The Morgan fingerprint density at radius 3 is 2.21 bits per heavy atom. The maximum absolute atomic E-state index is 3.58. The second kappa shape index (κ2) is 7.10. The van der Waals surface area contributed by atoms with E-state index in [0.717, 1.165) is 19.4 Å². The van der Waals surface area contributed by atoms with Crippen LogP contribution in [0.3, 0.4) is 0 Å². The maximum Gasteiger partial charge on any atom is 0.0291 e. The Morgan fingerprint density at radius 2 is 1.58 bits per heavy atom. The molecule has 1 N–H and O–H groups in total. The number of hydrogen-bond donors (Lipinski definition) is 1. The van der Waals surface area contributed by atoms with Crippen LogP contribution >= 0.6 is 0 Å². The van der Waals surface area contributed by atoms with Gasteiger partial charge in [-0.05, 0) is 43.0 Å². The molecule has 0 spiro atoms. The molecule has 0 aliphatic carbocycles. The normalized spacial score (nSPS) is 12.3. The van der Waals surface area contributed by atoms with E-state index in [4.69, 9.17) is 0 Å². The Bertz CT molecular complexity index is 473. The van der Waals surface area contributed by atoms with E-state index in [1.165, 1.54) is 16.7 Å². The van der Waals surface area contributed by atoms with Crippen molar-refractivity contribution in [2.45, 2.75) is 32.7 Å². The van der Waals surface area contributed by atoms with Crippen LogP contribution in [0.4, 0.5) is 0 Å². The molecule has 0 amide bonds. The topological polar surface area (TPSA) is 12.0 Å². The Morgan fingerprint density at radius 1 is 0.895 bits per heavy atom. The number of benzene rings is 2. The highest BCUT2D eigenvalue weighted by Crippen LogP contribution is 2.13. The molecule has 0 saturated heterocycles. The van der Waals surface area contributed by atoms with Crippen molar-refractivity contribution in [1.82, 2.24) is 5.32 Å². The minimum absolute atomic E-state index is 0.412. The van der Waals surface area contributed by atoms with Gasteiger partial charge in [-0.25, -0.2) is 0 Å². The molecule has 1 heteroatoms. The highest BCUT2D eigenvalue weighted by atomic mass is 14.9. The van der Waals surface area contributed by atoms with Gasteiger partial charge in [-0.15, -0.1) is 0 Å². The lowest BCUT2D eigenvalue weighted by molar-refractivity contribution is 0.577. The second-order valence-corrected chi connectivity index (χ2v) is 5.01. The van der Waals surface area contributed by atoms with Crippen molar-refractivity contribution in [2.24, 2.45) is 0 Å². The zero-order chi connectivity index (χ0) is 13.5. The van der Waals surface area contributed by atoms with Gasteiger partial charge in [0.25, 0.3) is 0 Å². The van der Waals surface area contributed by atoms with Crippen LogP contribution in [0.5, 0.6) is 0 Å². The van der Waals surface area contributed by atoms with Crippen molar-refractivity contribution in [3.63, 3.8) is 0 Å². The van der Waals surface area contributed by atoms with Crippen LogP contribution in [0.2, 0.25) is 0 Å². The van der Waals surface area contributed by atoms with E-state index >= 15 is 0 Å². The van der Waals surface area contributed by atoms with E-state index in [-0.39, 0.29) is 0 Å². The molecule has 2 rings (SSSR count). The molecular formula is C18H23N. The van der Waals surface area contributed by atoms with Crippen LogP contribution in [-0.2, 0) is 12.8 Å². The fraction of sp³-hybridized carbons (Fsp3) is 0.333. The molecule has 1 nitrogen and oxygen atoms in total. The van der Waals surface area contributed by atoms with Crippen molar-refractivity contribution >= 4 is 0 Å². The monoisotopic (exact) mass is 253 g/mol. The summed E-state index contributed by atoms with van der Waals surface area (Å²) in [6.45, 7) is 5.43. The summed E-state index contributed by atoms with van der Waals surface area (Å²) in [6, 6.07) is 20.0. The quantitative estimate of drug-likeness (QED) is 0.815. The van der Waals surface area contributed by atoms with E-state index in [2.05, 4.69) is 73.8 Å². The standard InChI is InChI=1S/C18H23N/c1-3-16-9-11-18(12-10-16)15(2)19-14-13-17-7-5-4-6-8-17/h4-12,15,19H,3,13-14H2,1-2H3. The molecule has 0 aliphatic rings. The minimum Gasteiger partial charge on any atom is -0.310 e.